The molecular weight excluding hydrogens is 188 g/mol. The zero-order valence-electron chi connectivity index (χ0n) is 7.17. The molecule has 0 atom stereocenters. The van der Waals surface area contributed by atoms with Crippen molar-refractivity contribution < 1.29 is 15.0 Å². The predicted molar refractivity (Wildman–Crippen MR) is 44.1 cm³/mol. The van der Waals surface area contributed by atoms with E-state index in [2.05, 4.69) is 15.1 Å². The summed E-state index contributed by atoms with van der Waals surface area (Å²) in [5, 5.41) is 21.5. The number of aryl methyl sites for hydroxylation is 1. The number of carboxylic acids is 1. The van der Waals surface area contributed by atoms with E-state index in [-0.39, 0.29) is 11.7 Å². The zero-order valence-corrected chi connectivity index (χ0v) is 7.17. The van der Waals surface area contributed by atoms with Gasteiger partial charge < -0.3 is 10.2 Å². The minimum atomic E-state index is -1.26. The van der Waals surface area contributed by atoms with Crippen LogP contribution in [0.15, 0.2) is 6.07 Å². The van der Waals surface area contributed by atoms with Gasteiger partial charge in [-0.25, -0.2) is 9.78 Å². The maximum atomic E-state index is 10.5. The first-order chi connectivity index (χ1) is 6.58. The molecule has 0 fully saturated rings. The van der Waals surface area contributed by atoms with Gasteiger partial charge in [0.25, 0.3) is 11.6 Å². The van der Waals surface area contributed by atoms with E-state index in [4.69, 9.17) is 5.11 Å². The Morgan fingerprint density at radius 2 is 2.21 bits per heavy atom. The molecule has 0 aliphatic carbocycles. The van der Waals surface area contributed by atoms with E-state index in [0.29, 0.717) is 5.69 Å². The maximum absolute atomic E-state index is 10.5. The van der Waals surface area contributed by atoms with Gasteiger partial charge in [-0.05, 0) is 6.92 Å². The van der Waals surface area contributed by atoms with Crippen LogP contribution in [0.1, 0.15) is 16.3 Å². The number of nitrogens with zero attached hydrogens (tertiary/aromatic N) is 4. The highest BCUT2D eigenvalue weighted by Crippen LogP contribution is 2.11. The summed E-state index contributed by atoms with van der Waals surface area (Å²) in [6, 6.07) is 1.37. The summed E-state index contributed by atoms with van der Waals surface area (Å²) < 4.78 is 0.969. The van der Waals surface area contributed by atoms with Gasteiger partial charge in [0.15, 0.2) is 0 Å². The molecule has 0 aromatic carbocycles. The third-order valence-electron chi connectivity index (χ3n) is 1.61. The molecule has 2 aromatic heterocycles. The molecule has 2 rings (SSSR count). The first kappa shape index (κ1) is 8.42. The van der Waals surface area contributed by atoms with Crippen molar-refractivity contribution in [3.8, 4) is 5.88 Å². The van der Waals surface area contributed by atoms with Gasteiger partial charge >= 0.3 is 5.97 Å². The largest absolute Gasteiger partial charge is 0.493 e. The molecule has 0 aliphatic rings. The van der Waals surface area contributed by atoms with Crippen LogP contribution < -0.4 is 0 Å². The smallest absolute Gasteiger partial charge is 0.375 e. The minimum absolute atomic E-state index is 0.0694. The van der Waals surface area contributed by atoms with Crippen LogP contribution in [0.5, 0.6) is 5.88 Å². The molecule has 0 spiro atoms. The number of aromatic hydroxyl groups is 1. The second-order valence-corrected chi connectivity index (χ2v) is 2.71. The van der Waals surface area contributed by atoms with Crippen LogP contribution in [0.2, 0.25) is 0 Å². The molecule has 7 nitrogen and oxygen atoms in total. The van der Waals surface area contributed by atoms with Crippen LogP contribution >= 0.6 is 0 Å². The predicted octanol–water partition coefficient (Wildman–Crippen LogP) is -0.163. The Morgan fingerprint density at radius 3 is 2.86 bits per heavy atom. The van der Waals surface area contributed by atoms with Gasteiger partial charge in [0.05, 0.1) is 0 Å². The van der Waals surface area contributed by atoms with Crippen LogP contribution in [0, 0.1) is 6.92 Å². The van der Waals surface area contributed by atoms with Crippen LogP contribution in [-0.4, -0.2) is 35.8 Å². The van der Waals surface area contributed by atoms with E-state index in [1.165, 1.54) is 6.07 Å². The fourth-order valence-electron chi connectivity index (χ4n) is 1.06. The monoisotopic (exact) mass is 194 g/mol. The average Bonchev–Trinajstić information content (AvgIpc) is 2.47. The number of aromatic carboxylic acids is 1. The van der Waals surface area contributed by atoms with Crippen LogP contribution in [0.3, 0.4) is 0 Å². The summed E-state index contributed by atoms with van der Waals surface area (Å²) in [6.07, 6.45) is 0. The highest BCUT2D eigenvalue weighted by Gasteiger charge is 2.13. The molecule has 2 aromatic rings. The molecule has 0 amide bonds. The number of carbonyl (C=O) groups is 1. The zero-order chi connectivity index (χ0) is 10.3. The Labute approximate surface area is 77.7 Å². The van der Waals surface area contributed by atoms with E-state index in [1.54, 1.807) is 6.92 Å². The first-order valence-electron chi connectivity index (χ1n) is 3.74. The Hall–Kier alpha value is -2.18. The quantitative estimate of drug-likeness (QED) is 0.653. The van der Waals surface area contributed by atoms with Gasteiger partial charge in [-0.3, -0.25) is 0 Å². The lowest BCUT2D eigenvalue weighted by molar-refractivity contribution is 0.0684. The van der Waals surface area contributed by atoms with Crippen molar-refractivity contribution in [1.29, 1.82) is 0 Å². The van der Waals surface area contributed by atoms with Gasteiger partial charge in [0.1, 0.15) is 0 Å². The lowest BCUT2D eigenvalue weighted by Crippen LogP contribution is -1.99. The average molecular weight is 194 g/mol. The molecule has 0 unspecified atom stereocenters. The molecule has 0 radical (unpaired) electrons. The Bertz CT molecular complexity index is 519. The van der Waals surface area contributed by atoms with Crippen molar-refractivity contribution in [3.05, 3.63) is 17.6 Å². The summed E-state index contributed by atoms with van der Waals surface area (Å²) in [7, 11) is 0. The molecule has 0 saturated carbocycles. The third-order valence-corrected chi connectivity index (χ3v) is 1.61. The van der Waals surface area contributed by atoms with Crippen LogP contribution in [0.4, 0.5) is 0 Å². The van der Waals surface area contributed by atoms with Crippen molar-refractivity contribution >= 4 is 11.7 Å². The number of hydrogen-bond acceptors (Lipinski definition) is 5. The van der Waals surface area contributed by atoms with E-state index < -0.39 is 11.8 Å². The van der Waals surface area contributed by atoms with Crippen molar-refractivity contribution in [2.24, 2.45) is 0 Å². The molecule has 0 aliphatic heterocycles. The summed E-state index contributed by atoms with van der Waals surface area (Å²) in [5.41, 5.74) is 0.541. The van der Waals surface area contributed by atoms with E-state index in [1.807, 2.05) is 0 Å². The molecular formula is C7H6N4O3. The minimum Gasteiger partial charge on any atom is -0.493 e. The Morgan fingerprint density at radius 1 is 1.50 bits per heavy atom. The van der Waals surface area contributed by atoms with Crippen molar-refractivity contribution in [2.45, 2.75) is 6.92 Å². The second-order valence-electron chi connectivity index (χ2n) is 2.71. The van der Waals surface area contributed by atoms with E-state index in [0.717, 1.165) is 4.52 Å². The van der Waals surface area contributed by atoms with Crippen molar-refractivity contribution in [3.63, 3.8) is 0 Å². The summed E-state index contributed by atoms with van der Waals surface area (Å²) in [5.74, 6) is -1.77. The maximum Gasteiger partial charge on any atom is 0.375 e. The highest BCUT2D eigenvalue weighted by molar-refractivity contribution is 5.83. The topological polar surface area (TPSA) is 101 Å². The van der Waals surface area contributed by atoms with Crippen LogP contribution in [0.25, 0.3) is 5.78 Å². The van der Waals surface area contributed by atoms with E-state index >= 15 is 0 Å². The summed E-state index contributed by atoms with van der Waals surface area (Å²) in [6.45, 7) is 1.66. The van der Waals surface area contributed by atoms with Gasteiger partial charge in [-0.1, -0.05) is 0 Å². The standard InChI is InChI=1S/C7H6N4O3/c1-3-2-4(12)11-7(8-3)9-5(10-11)6(13)14/h2,12H,1H3,(H,13,14). The SMILES string of the molecule is Cc1cc(O)n2nc(C(=O)O)nc2n1. The molecule has 2 heterocycles. The number of rotatable bonds is 1. The normalized spacial score (nSPS) is 10.6. The lowest BCUT2D eigenvalue weighted by atomic mass is 10.4. The Kier molecular flexibility index (Phi) is 1.60. The number of fused-ring (bicyclic) bond motifs is 1. The Balaban J connectivity index is 2.76. The fourth-order valence-corrected chi connectivity index (χ4v) is 1.06. The van der Waals surface area contributed by atoms with Gasteiger partial charge in [0, 0.05) is 11.8 Å². The van der Waals surface area contributed by atoms with Gasteiger partial charge in [-0.15, -0.1) is 5.10 Å². The molecule has 2 N–H and O–H groups in total. The number of carboxylic acid groups (broad SMARTS) is 1. The van der Waals surface area contributed by atoms with Crippen LogP contribution in [-0.2, 0) is 0 Å². The van der Waals surface area contributed by atoms with E-state index in [9.17, 15) is 9.90 Å². The molecule has 0 bridgehead atoms. The number of aromatic nitrogens is 4. The summed E-state index contributed by atoms with van der Waals surface area (Å²) in [4.78, 5) is 18.0. The lowest BCUT2D eigenvalue weighted by Gasteiger charge is -1.95. The molecule has 7 heteroatoms. The summed E-state index contributed by atoms with van der Waals surface area (Å²) >= 11 is 0. The third kappa shape index (κ3) is 1.15. The van der Waals surface area contributed by atoms with Gasteiger partial charge in [0.2, 0.25) is 5.88 Å². The highest BCUT2D eigenvalue weighted by atomic mass is 16.4. The van der Waals surface area contributed by atoms with Crippen molar-refractivity contribution in [2.75, 3.05) is 0 Å². The fraction of sp³-hybridized carbons (Fsp3) is 0.143. The number of hydrogen-bond donors (Lipinski definition) is 2. The molecule has 72 valence electrons. The van der Waals surface area contributed by atoms with Crippen molar-refractivity contribution in [1.82, 2.24) is 19.6 Å². The molecule has 0 saturated heterocycles. The second kappa shape index (κ2) is 2.66. The molecule has 14 heavy (non-hydrogen) atoms. The van der Waals surface area contributed by atoms with Gasteiger partial charge in [-0.2, -0.15) is 9.50 Å². The first-order valence-corrected chi connectivity index (χ1v) is 3.74.